The standard InChI is InChI=1S/C11H13ClN4O2/c12-10-9(16(17)18)11(14-6-13-10)15(8-3-4-8)5-7-1-2-7/h6-8H,1-5H2. The fourth-order valence-electron chi connectivity index (χ4n) is 2.09. The summed E-state index contributed by atoms with van der Waals surface area (Å²) in [5.74, 6) is 1.04. The number of nitrogens with zero attached hydrogens (tertiary/aromatic N) is 4. The van der Waals surface area contributed by atoms with E-state index in [1.165, 1.54) is 19.2 Å². The molecular formula is C11H13ClN4O2. The van der Waals surface area contributed by atoms with Gasteiger partial charge in [-0.25, -0.2) is 9.97 Å². The van der Waals surface area contributed by atoms with Crippen LogP contribution in [0.25, 0.3) is 0 Å². The molecule has 18 heavy (non-hydrogen) atoms. The molecule has 1 aromatic heterocycles. The predicted octanol–water partition coefficient (Wildman–Crippen LogP) is 2.42. The second-order valence-corrected chi connectivity index (χ2v) is 5.28. The number of aromatic nitrogens is 2. The van der Waals surface area contributed by atoms with Crippen LogP contribution in [0.5, 0.6) is 0 Å². The van der Waals surface area contributed by atoms with Crippen LogP contribution in [0.4, 0.5) is 11.5 Å². The summed E-state index contributed by atoms with van der Waals surface area (Å²) >= 11 is 5.83. The first-order valence-corrected chi connectivity index (χ1v) is 6.46. The van der Waals surface area contributed by atoms with Crippen molar-refractivity contribution in [2.24, 2.45) is 5.92 Å². The third-order valence-electron chi connectivity index (χ3n) is 3.35. The lowest BCUT2D eigenvalue weighted by Crippen LogP contribution is -2.29. The molecule has 0 bridgehead atoms. The average Bonchev–Trinajstić information content (AvgIpc) is 3.17. The van der Waals surface area contributed by atoms with Crippen LogP contribution < -0.4 is 4.90 Å². The van der Waals surface area contributed by atoms with E-state index in [0.29, 0.717) is 17.8 Å². The molecular weight excluding hydrogens is 256 g/mol. The Labute approximate surface area is 109 Å². The Balaban J connectivity index is 1.96. The largest absolute Gasteiger partial charge is 0.348 e. The summed E-state index contributed by atoms with van der Waals surface area (Å²) in [6, 6.07) is 0.385. The van der Waals surface area contributed by atoms with E-state index in [1.807, 2.05) is 4.90 Å². The van der Waals surface area contributed by atoms with Crippen LogP contribution in [0.1, 0.15) is 25.7 Å². The minimum Gasteiger partial charge on any atom is -0.347 e. The third kappa shape index (κ3) is 2.25. The van der Waals surface area contributed by atoms with Crippen molar-refractivity contribution < 1.29 is 4.92 Å². The molecule has 0 atom stereocenters. The zero-order chi connectivity index (χ0) is 12.7. The first kappa shape index (κ1) is 11.6. The van der Waals surface area contributed by atoms with Crippen LogP contribution in [0.3, 0.4) is 0 Å². The molecule has 2 aliphatic rings. The summed E-state index contributed by atoms with van der Waals surface area (Å²) < 4.78 is 0. The number of anilines is 1. The van der Waals surface area contributed by atoms with Crippen molar-refractivity contribution in [1.29, 1.82) is 0 Å². The minimum absolute atomic E-state index is 0.0774. The van der Waals surface area contributed by atoms with Crippen molar-refractivity contribution in [3.63, 3.8) is 0 Å². The second-order valence-electron chi connectivity index (χ2n) is 4.92. The molecule has 96 valence electrons. The van der Waals surface area contributed by atoms with E-state index in [-0.39, 0.29) is 10.8 Å². The van der Waals surface area contributed by atoms with Crippen LogP contribution in [0, 0.1) is 16.0 Å². The van der Waals surface area contributed by atoms with E-state index < -0.39 is 4.92 Å². The maximum atomic E-state index is 11.1. The molecule has 0 unspecified atom stereocenters. The highest BCUT2D eigenvalue weighted by Gasteiger charge is 2.38. The Morgan fingerprint density at radius 2 is 2.11 bits per heavy atom. The second kappa shape index (κ2) is 4.35. The molecule has 0 aromatic carbocycles. The molecule has 0 radical (unpaired) electrons. The van der Waals surface area contributed by atoms with Crippen LogP contribution in [-0.2, 0) is 0 Å². The van der Waals surface area contributed by atoms with Gasteiger partial charge in [-0.1, -0.05) is 11.6 Å². The van der Waals surface area contributed by atoms with Crippen LogP contribution in [0.15, 0.2) is 6.33 Å². The highest BCUT2D eigenvalue weighted by atomic mass is 35.5. The number of halogens is 1. The zero-order valence-electron chi connectivity index (χ0n) is 9.75. The number of hydrogen-bond donors (Lipinski definition) is 0. The fraction of sp³-hybridized carbons (Fsp3) is 0.636. The molecule has 0 N–H and O–H groups in total. The van der Waals surface area contributed by atoms with Gasteiger partial charge in [0.05, 0.1) is 4.92 Å². The van der Waals surface area contributed by atoms with Gasteiger partial charge >= 0.3 is 5.69 Å². The summed E-state index contributed by atoms with van der Waals surface area (Å²) in [6.07, 6.45) is 5.86. The van der Waals surface area contributed by atoms with Gasteiger partial charge in [0.15, 0.2) is 0 Å². The van der Waals surface area contributed by atoms with Crippen LogP contribution in [-0.4, -0.2) is 27.5 Å². The summed E-state index contributed by atoms with van der Waals surface area (Å²) in [5, 5.41) is 11.0. The van der Waals surface area contributed by atoms with Crippen molar-refractivity contribution in [1.82, 2.24) is 9.97 Å². The Morgan fingerprint density at radius 3 is 2.67 bits per heavy atom. The normalized spacial score (nSPS) is 18.7. The minimum atomic E-state index is -0.486. The average molecular weight is 269 g/mol. The SMILES string of the molecule is O=[N+]([O-])c1c(Cl)ncnc1N(CC1CC1)C1CC1. The Kier molecular flexibility index (Phi) is 2.81. The van der Waals surface area contributed by atoms with E-state index in [1.54, 1.807) is 0 Å². The lowest BCUT2D eigenvalue weighted by atomic mass is 10.3. The van der Waals surface area contributed by atoms with Gasteiger partial charge in [0.25, 0.3) is 0 Å². The summed E-state index contributed by atoms with van der Waals surface area (Å²) in [7, 11) is 0. The molecule has 6 nitrogen and oxygen atoms in total. The highest BCUT2D eigenvalue weighted by Crippen LogP contribution is 2.41. The Hall–Kier alpha value is -1.43. The maximum absolute atomic E-state index is 11.1. The van der Waals surface area contributed by atoms with Gasteiger partial charge in [-0.2, -0.15) is 0 Å². The van der Waals surface area contributed by atoms with Crippen molar-refractivity contribution in [3.8, 4) is 0 Å². The van der Waals surface area contributed by atoms with Gasteiger partial charge < -0.3 is 4.90 Å². The van der Waals surface area contributed by atoms with Crippen LogP contribution in [0.2, 0.25) is 5.15 Å². The van der Waals surface area contributed by atoms with Gasteiger partial charge in [0.1, 0.15) is 6.33 Å². The molecule has 0 spiro atoms. The molecule has 0 amide bonds. The smallest absolute Gasteiger partial charge is 0.347 e. The van der Waals surface area contributed by atoms with Gasteiger partial charge in [0, 0.05) is 12.6 Å². The lowest BCUT2D eigenvalue weighted by molar-refractivity contribution is -0.384. The molecule has 1 aromatic rings. The van der Waals surface area contributed by atoms with Gasteiger partial charge in [-0.3, -0.25) is 10.1 Å². The first-order chi connectivity index (χ1) is 8.66. The van der Waals surface area contributed by atoms with E-state index >= 15 is 0 Å². The summed E-state index contributed by atoms with van der Waals surface area (Å²) in [6.45, 7) is 0.846. The van der Waals surface area contributed by atoms with Crippen molar-refractivity contribution in [2.45, 2.75) is 31.7 Å². The van der Waals surface area contributed by atoms with E-state index in [9.17, 15) is 10.1 Å². The number of nitro groups is 1. The molecule has 0 aliphatic heterocycles. The molecule has 3 rings (SSSR count). The van der Waals surface area contributed by atoms with E-state index in [4.69, 9.17) is 11.6 Å². The molecule has 2 fully saturated rings. The van der Waals surface area contributed by atoms with E-state index in [2.05, 4.69) is 9.97 Å². The highest BCUT2D eigenvalue weighted by molar-refractivity contribution is 6.31. The van der Waals surface area contributed by atoms with Crippen LogP contribution >= 0.6 is 11.6 Å². The Morgan fingerprint density at radius 1 is 1.39 bits per heavy atom. The zero-order valence-corrected chi connectivity index (χ0v) is 10.5. The quantitative estimate of drug-likeness (QED) is 0.466. The Bertz CT molecular complexity index is 488. The molecule has 2 aliphatic carbocycles. The molecule has 7 heteroatoms. The first-order valence-electron chi connectivity index (χ1n) is 6.08. The predicted molar refractivity (Wildman–Crippen MR) is 66.8 cm³/mol. The number of rotatable bonds is 5. The van der Waals surface area contributed by atoms with Crippen molar-refractivity contribution >= 4 is 23.1 Å². The van der Waals surface area contributed by atoms with Crippen molar-refractivity contribution in [2.75, 3.05) is 11.4 Å². The maximum Gasteiger partial charge on any atom is 0.348 e. The fourth-order valence-corrected chi connectivity index (χ4v) is 2.29. The third-order valence-corrected chi connectivity index (χ3v) is 3.63. The number of hydrogen-bond acceptors (Lipinski definition) is 5. The summed E-state index contributed by atoms with van der Waals surface area (Å²) in [5.41, 5.74) is -0.160. The lowest BCUT2D eigenvalue weighted by Gasteiger charge is -2.22. The van der Waals surface area contributed by atoms with Gasteiger partial charge in [-0.05, 0) is 31.6 Å². The molecule has 0 saturated heterocycles. The summed E-state index contributed by atoms with van der Waals surface area (Å²) in [4.78, 5) is 20.5. The van der Waals surface area contributed by atoms with Gasteiger partial charge in [-0.15, -0.1) is 0 Å². The monoisotopic (exact) mass is 268 g/mol. The molecule has 1 heterocycles. The van der Waals surface area contributed by atoms with Gasteiger partial charge in [0.2, 0.25) is 11.0 Å². The van der Waals surface area contributed by atoms with Crippen molar-refractivity contribution in [3.05, 3.63) is 21.6 Å². The van der Waals surface area contributed by atoms with E-state index in [0.717, 1.165) is 19.4 Å². The molecule has 2 saturated carbocycles. The topological polar surface area (TPSA) is 72.2 Å².